The molecule has 7 heteroatoms. The first kappa shape index (κ1) is 17.2. The van der Waals surface area contributed by atoms with E-state index >= 15 is 0 Å². The van der Waals surface area contributed by atoms with Crippen LogP contribution < -0.4 is 0 Å². The van der Waals surface area contributed by atoms with Crippen molar-refractivity contribution in [2.24, 2.45) is 0 Å². The molecule has 128 valence electrons. The van der Waals surface area contributed by atoms with Crippen molar-refractivity contribution in [3.63, 3.8) is 0 Å². The number of rotatable bonds is 6. The molecule has 25 heavy (non-hydrogen) atoms. The summed E-state index contributed by atoms with van der Waals surface area (Å²) in [5, 5.41) is 12.0. The summed E-state index contributed by atoms with van der Waals surface area (Å²) in [4.78, 5) is 20.4. The van der Waals surface area contributed by atoms with Crippen molar-refractivity contribution in [1.29, 1.82) is 0 Å². The van der Waals surface area contributed by atoms with Crippen LogP contribution in [0.15, 0.2) is 64.9 Å². The summed E-state index contributed by atoms with van der Waals surface area (Å²) >= 11 is 1.49. The van der Waals surface area contributed by atoms with Gasteiger partial charge in [0.2, 0.25) is 0 Å². The Balaban J connectivity index is 1.94. The smallest absolute Gasteiger partial charge is 0.270 e. The van der Waals surface area contributed by atoms with Gasteiger partial charge in [0.25, 0.3) is 5.69 Å². The van der Waals surface area contributed by atoms with Crippen LogP contribution in [0.2, 0.25) is 0 Å². The molecule has 0 bridgehead atoms. The molecule has 0 atom stereocenters. The maximum absolute atomic E-state index is 11.0. The normalized spacial score (nSPS) is 11.0. The Hall–Kier alpha value is -2.67. The number of imidazole rings is 1. The van der Waals surface area contributed by atoms with Crippen LogP contribution >= 0.6 is 11.8 Å². The molecule has 0 aliphatic carbocycles. The molecule has 0 unspecified atom stereocenters. The monoisotopic (exact) mass is 354 g/mol. The van der Waals surface area contributed by atoms with Crippen LogP contribution in [0.4, 0.5) is 5.69 Å². The summed E-state index contributed by atoms with van der Waals surface area (Å²) in [5.74, 6) is 0.256. The predicted octanol–water partition coefficient (Wildman–Crippen LogP) is 4.51. The number of nitrogens with zero attached hydrogens (tertiary/aromatic N) is 4. The van der Waals surface area contributed by atoms with Crippen molar-refractivity contribution in [3.05, 3.63) is 76.5 Å². The summed E-state index contributed by atoms with van der Waals surface area (Å²) in [7, 11) is 0. The highest BCUT2D eigenvalue weighted by Gasteiger charge is 2.17. The fraction of sp³-hybridized carbons (Fsp3) is 0.222. The van der Waals surface area contributed by atoms with Gasteiger partial charge in [-0.3, -0.25) is 15.1 Å². The van der Waals surface area contributed by atoms with Gasteiger partial charge in [0, 0.05) is 23.2 Å². The minimum atomic E-state index is -0.376. The third kappa shape index (κ3) is 4.06. The molecule has 6 nitrogen and oxygen atoms in total. The number of benzene rings is 1. The number of aromatic nitrogens is 3. The maximum Gasteiger partial charge on any atom is 0.270 e. The molecular weight excluding hydrogens is 336 g/mol. The average Bonchev–Trinajstić information content (AvgIpc) is 2.99. The standard InChI is InChI=1S/C18H18N4O2S/c1-13(2)17-18(25-16-8-5-7-15(10-16)22(23)24)21(12-20-17)11-14-6-3-4-9-19-14/h3-10,12-13H,11H2,1-2H3. The fourth-order valence-corrected chi connectivity index (χ4v) is 3.62. The molecule has 3 rings (SSSR count). The van der Waals surface area contributed by atoms with Crippen molar-refractivity contribution in [2.45, 2.75) is 36.2 Å². The van der Waals surface area contributed by atoms with Crippen LogP contribution in [0.25, 0.3) is 0 Å². The minimum absolute atomic E-state index is 0.0897. The molecule has 1 aromatic carbocycles. The maximum atomic E-state index is 11.0. The average molecular weight is 354 g/mol. The molecule has 2 aromatic heterocycles. The van der Waals surface area contributed by atoms with E-state index in [-0.39, 0.29) is 16.5 Å². The first-order chi connectivity index (χ1) is 12.0. The third-order valence-electron chi connectivity index (χ3n) is 3.66. The first-order valence-electron chi connectivity index (χ1n) is 7.92. The molecule has 3 aromatic rings. The summed E-state index contributed by atoms with van der Waals surface area (Å²) in [6.07, 6.45) is 3.58. The quantitative estimate of drug-likeness (QED) is 0.481. The molecule has 2 heterocycles. The van der Waals surface area contributed by atoms with E-state index in [4.69, 9.17) is 0 Å². The van der Waals surface area contributed by atoms with E-state index in [2.05, 4.69) is 23.8 Å². The Bertz CT molecular complexity index is 878. The number of pyridine rings is 1. The number of hydrogen-bond donors (Lipinski definition) is 0. The van der Waals surface area contributed by atoms with E-state index in [0.717, 1.165) is 21.3 Å². The topological polar surface area (TPSA) is 73.8 Å². The van der Waals surface area contributed by atoms with Crippen LogP contribution in [0.3, 0.4) is 0 Å². The third-order valence-corrected chi connectivity index (χ3v) is 4.79. The van der Waals surface area contributed by atoms with E-state index in [0.29, 0.717) is 6.54 Å². The molecule has 0 amide bonds. The zero-order valence-corrected chi connectivity index (χ0v) is 14.8. The Kier molecular flexibility index (Phi) is 5.14. The van der Waals surface area contributed by atoms with Crippen molar-refractivity contribution < 1.29 is 4.92 Å². The first-order valence-corrected chi connectivity index (χ1v) is 8.73. The van der Waals surface area contributed by atoms with Crippen LogP contribution in [0.5, 0.6) is 0 Å². The van der Waals surface area contributed by atoms with Crippen molar-refractivity contribution in [3.8, 4) is 0 Å². The molecule has 0 aliphatic heterocycles. The molecule has 0 saturated heterocycles. The largest absolute Gasteiger partial charge is 0.319 e. The Labute approximate surface area is 150 Å². The number of nitro groups is 1. The number of hydrogen-bond acceptors (Lipinski definition) is 5. The summed E-state index contributed by atoms with van der Waals surface area (Å²) in [6, 6.07) is 12.5. The summed E-state index contributed by atoms with van der Waals surface area (Å²) < 4.78 is 2.04. The van der Waals surface area contributed by atoms with Gasteiger partial charge in [-0.2, -0.15) is 0 Å². The van der Waals surface area contributed by atoms with Crippen LogP contribution in [-0.2, 0) is 6.54 Å². The highest BCUT2D eigenvalue weighted by molar-refractivity contribution is 7.99. The van der Waals surface area contributed by atoms with Crippen LogP contribution in [-0.4, -0.2) is 19.5 Å². The Morgan fingerprint density at radius 3 is 2.72 bits per heavy atom. The molecule has 0 N–H and O–H groups in total. The number of nitro benzene ring substituents is 1. The SMILES string of the molecule is CC(C)c1ncn(Cc2ccccn2)c1Sc1cccc([N+](=O)[O-])c1. The van der Waals surface area contributed by atoms with Gasteiger partial charge in [-0.05, 0) is 24.1 Å². The second-order valence-corrected chi connectivity index (χ2v) is 6.96. The van der Waals surface area contributed by atoms with E-state index in [1.54, 1.807) is 18.3 Å². The van der Waals surface area contributed by atoms with Crippen molar-refractivity contribution >= 4 is 17.4 Å². The molecule has 0 saturated carbocycles. The van der Waals surface area contributed by atoms with Gasteiger partial charge in [0.15, 0.2) is 0 Å². The second kappa shape index (κ2) is 7.48. The zero-order valence-electron chi connectivity index (χ0n) is 14.0. The van der Waals surface area contributed by atoms with E-state index in [1.165, 1.54) is 17.8 Å². The molecule has 0 radical (unpaired) electrons. The van der Waals surface area contributed by atoms with E-state index in [1.807, 2.05) is 35.2 Å². The van der Waals surface area contributed by atoms with Gasteiger partial charge in [-0.25, -0.2) is 4.98 Å². The number of non-ortho nitro benzene ring substituents is 1. The lowest BCUT2D eigenvalue weighted by Crippen LogP contribution is -2.03. The van der Waals surface area contributed by atoms with Gasteiger partial charge in [-0.15, -0.1) is 0 Å². The Morgan fingerprint density at radius 2 is 2.04 bits per heavy atom. The summed E-state index contributed by atoms with van der Waals surface area (Å²) in [5.41, 5.74) is 2.01. The van der Waals surface area contributed by atoms with Crippen molar-refractivity contribution in [1.82, 2.24) is 14.5 Å². The lowest BCUT2D eigenvalue weighted by molar-refractivity contribution is -0.385. The van der Waals surface area contributed by atoms with Gasteiger partial charge in [-0.1, -0.05) is 37.7 Å². The minimum Gasteiger partial charge on any atom is -0.319 e. The summed E-state index contributed by atoms with van der Waals surface area (Å²) in [6.45, 7) is 4.79. The van der Waals surface area contributed by atoms with E-state index < -0.39 is 0 Å². The van der Waals surface area contributed by atoms with Crippen LogP contribution in [0, 0.1) is 10.1 Å². The second-order valence-electron chi connectivity index (χ2n) is 5.90. The van der Waals surface area contributed by atoms with Crippen LogP contribution in [0.1, 0.15) is 31.2 Å². The van der Waals surface area contributed by atoms with Gasteiger partial charge < -0.3 is 4.57 Å². The molecular formula is C18H18N4O2S. The lowest BCUT2D eigenvalue weighted by atomic mass is 10.1. The highest BCUT2D eigenvalue weighted by atomic mass is 32.2. The highest BCUT2D eigenvalue weighted by Crippen LogP contribution is 2.35. The molecule has 0 fully saturated rings. The molecule has 0 spiro atoms. The van der Waals surface area contributed by atoms with Gasteiger partial charge in [0.05, 0.1) is 29.2 Å². The predicted molar refractivity (Wildman–Crippen MR) is 96.9 cm³/mol. The van der Waals surface area contributed by atoms with Gasteiger partial charge in [0.1, 0.15) is 5.03 Å². The molecule has 0 aliphatic rings. The lowest BCUT2D eigenvalue weighted by Gasteiger charge is -2.11. The van der Waals surface area contributed by atoms with Gasteiger partial charge >= 0.3 is 0 Å². The van der Waals surface area contributed by atoms with E-state index in [9.17, 15) is 10.1 Å². The fourth-order valence-electron chi connectivity index (χ4n) is 2.44. The zero-order chi connectivity index (χ0) is 17.8. The van der Waals surface area contributed by atoms with Crippen molar-refractivity contribution in [2.75, 3.05) is 0 Å². The Morgan fingerprint density at radius 1 is 1.20 bits per heavy atom.